The molecule has 0 saturated heterocycles. The molecule has 2 aromatic carbocycles. The van der Waals surface area contributed by atoms with Crippen LogP contribution < -0.4 is 5.32 Å². The van der Waals surface area contributed by atoms with Crippen LogP contribution in [-0.2, 0) is 4.79 Å². The number of nitrogens with one attached hydrogen (secondary N) is 1. The number of Topliss-reactive ketones (excluding diaryl/α,β-unsaturated/α-hetero) is 1. The summed E-state index contributed by atoms with van der Waals surface area (Å²) < 4.78 is 1.80. The van der Waals surface area contributed by atoms with E-state index in [1.54, 1.807) is 10.9 Å². The maximum Gasteiger partial charge on any atom is 0.221 e. The van der Waals surface area contributed by atoms with Crippen LogP contribution in [0, 0.1) is 13.8 Å². The van der Waals surface area contributed by atoms with Gasteiger partial charge in [-0.25, -0.2) is 0 Å². The van der Waals surface area contributed by atoms with E-state index < -0.39 is 0 Å². The van der Waals surface area contributed by atoms with Crippen molar-refractivity contribution in [2.24, 2.45) is 0 Å². The van der Waals surface area contributed by atoms with E-state index in [1.807, 2.05) is 56.3 Å². The predicted octanol–water partition coefficient (Wildman–Crippen LogP) is 3.82. The summed E-state index contributed by atoms with van der Waals surface area (Å²) in [6.45, 7) is 5.42. The number of benzene rings is 2. The lowest BCUT2D eigenvalue weighted by Gasteiger charge is -2.09. The summed E-state index contributed by atoms with van der Waals surface area (Å²) in [6, 6.07) is 13.2. The zero-order valence-electron chi connectivity index (χ0n) is 15.4. The molecule has 1 aromatic heterocycles. The zero-order valence-corrected chi connectivity index (χ0v) is 16.2. The molecule has 27 heavy (non-hydrogen) atoms. The number of nitrogens with zero attached hydrogens (tertiary/aromatic N) is 3. The molecule has 0 atom stereocenters. The molecule has 0 aliphatic heterocycles. The largest absolute Gasteiger partial charge is 0.326 e. The summed E-state index contributed by atoms with van der Waals surface area (Å²) in [7, 11) is 0. The minimum atomic E-state index is -0.135. The molecule has 0 bridgehead atoms. The first-order chi connectivity index (χ1) is 12.9. The second-order valence-corrected chi connectivity index (χ2v) is 7.19. The molecule has 6 nitrogen and oxygen atoms in total. The van der Waals surface area contributed by atoms with Crippen LogP contribution in [0.3, 0.4) is 0 Å². The summed E-state index contributed by atoms with van der Waals surface area (Å²) in [5.74, 6) is 0.192. The van der Waals surface area contributed by atoms with Gasteiger partial charge in [0.15, 0.2) is 10.9 Å². The van der Waals surface area contributed by atoms with Crippen molar-refractivity contribution in [3.8, 4) is 5.69 Å². The van der Waals surface area contributed by atoms with E-state index in [9.17, 15) is 9.59 Å². The van der Waals surface area contributed by atoms with E-state index in [4.69, 9.17) is 0 Å². The van der Waals surface area contributed by atoms with Crippen LogP contribution in [0.5, 0.6) is 0 Å². The van der Waals surface area contributed by atoms with Crippen LogP contribution >= 0.6 is 11.8 Å². The van der Waals surface area contributed by atoms with Crippen molar-refractivity contribution >= 4 is 29.1 Å². The number of carbonyl (C=O) groups excluding carboxylic acids is 2. The van der Waals surface area contributed by atoms with Gasteiger partial charge in [-0.15, -0.1) is 10.2 Å². The number of hydrogen-bond donors (Lipinski definition) is 1. The lowest BCUT2D eigenvalue weighted by atomic mass is 10.0. The quantitative estimate of drug-likeness (QED) is 0.520. The first-order valence-corrected chi connectivity index (χ1v) is 9.44. The summed E-state index contributed by atoms with van der Waals surface area (Å²) in [5.41, 5.74) is 4.34. The van der Waals surface area contributed by atoms with Crippen LogP contribution in [-0.4, -0.2) is 32.2 Å². The van der Waals surface area contributed by atoms with Gasteiger partial charge in [0.2, 0.25) is 5.91 Å². The molecule has 0 unspecified atom stereocenters. The maximum absolute atomic E-state index is 12.6. The Morgan fingerprint density at radius 3 is 2.70 bits per heavy atom. The standard InChI is InChI=1S/C20H20N4O2S/c1-13-7-8-18(14(2)9-13)19(26)11-27-20-23-21-12-24(20)17-6-4-5-16(10-17)22-15(3)25/h4-10,12H,11H2,1-3H3,(H,22,25). The Balaban J connectivity index is 1.76. The molecule has 1 N–H and O–H groups in total. The molecule has 0 aliphatic rings. The van der Waals surface area contributed by atoms with E-state index >= 15 is 0 Å². The summed E-state index contributed by atoms with van der Waals surface area (Å²) in [4.78, 5) is 23.8. The van der Waals surface area contributed by atoms with Gasteiger partial charge in [-0.1, -0.05) is 41.6 Å². The number of thioether (sulfide) groups is 1. The number of amides is 1. The number of ketones is 1. The van der Waals surface area contributed by atoms with Crippen LogP contribution in [0.2, 0.25) is 0 Å². The second kappa shape index (κ2) is 8.18. The van der Waals surface area contributed by atoms with Gasteiger partial charge < -0.3 is 5.32 Å². The fourth-order valence-electron chi connectivity index (χ4n) is 2.77. The average Bonchev–Trinajstić information content (AvgIpc) is 3.08. The monoisotopic (exact) mass is 380 g/mol. The first-order valence-electron chi connectivity index (χ1n) is 8.45. The number of aryl methyl sites for hydroxylation is 2. The summed E-state index contributed by atoms with van der Waals surface area (Å²) >= 11 is 1.34. The number of aromatic nitrogens is 3. The van der Waals surface area contributed by atoms with Crippen LogP contribution in [0.4, 0.5) is 5.69 Å². The highest BCUT2D eigenvalue weighted by atomic mass is 32.2. The van der Waals surface area contributed by atoms with Gasteiger partial charge in [-0.3, -0.25) is 14.2 Å². The van der Waals surface area contributed by atoms with Gasteiger partial charge in [0.1, 0.15) is 6.33 Å². The minimum absolute atomic E-state index is 0.0547. The van der Waals surface area contributed by atoms with E-state index in [-0.39, 0.29) is 17.4 Å². The number of anilines is 1. The van der Waals surface area contributed by atoms with Crippen molar-refractivity contribution in [2.75, 3.05) is 11.1 Å². The molecule has 0 fully saturated rings. The Hall–Kier alpha value is -2.93. The highest BCUT2D eigenvalue weighted by Crippen LogP contribution is 2.23. The fraction of sp³-hybridized carbons (Fsp3) is 0.200. The van der Waals surface area contributed by atoms with E-state index in [1.165, 1.54) is 18.7 Å². The number of carbonyl (C=O) groups is 2. The summed E-state index contributed by atoms with van der Waals surface area (Å²) in [5, 5.41) is 11.5. The molecule has 138 valence electrons. The van der Waals surface area contributed by atoms with Crippen LogP contribution in [0.25, 0.3) is 5.69 Å². The topological polar surface area (TPSA) is 76.9 Å². The van der Waals surface area contributed by atoms with Gasteiger partial charge in [0.25, 0.3) is 0 Å². The minimum Gasteiger partial charge on any atom is -0.326 e. The third-order valence-electron chi connectivity index (χ3n) is 3.98. The lowest BCUT2D eigenvalue weighted by Crippen LogP contribution is -2.07. The van der Waals surface area contributed by atoms with Crippen molar-refractivity contribution in [3.63, 3.8) is 0 Å². The zero-order chi connectivity index (χ0) is 19.4. The van der Waals surface area contributed by atoms with Crippen molar-refractivity contribution in [1.82, 2.24) is 14.8 Å². The van der Waals surface area contributed by atoms with Crippen molar-refractivity contribution < 1.29 is 9.59 Å². The molecule has 3 rings (SSSR count). The SMILES string of the molecule is CC(=O)Nc1cccc(-n2cnnc2SCC(=O)c2ccc(C)cc2C)c1. The first kappa shape index (κ1) is 18.8. The van der Waals surface area contributed by atoms with Crippen LogP contribution in [0.15, 0.2) is 53.9 Å². The number of rotatable bonds is 6. The highest BCUT2D eigenvalue weighted by molar-refractivity contribution is 7.99. The normalized spacial score (nSPS) is 10.6. The van der Waals surface area contributed by atoms with Crippen molar-refractivity contribution in [3.05, 3.63) is 65.5 Å². The average molecular weight is 380 g/mol. The maximum atomic E-state index is 12.6. The molecular formula is C20H20N4O2S. The fourth-order valence-corrected chi connectivity index (χ4v) is 3.58. The van der Waals surface area contributed by atoms with Gasteiger partial charge in [-0.2, -0.15) is 0 Å². The Labute approximate surface area is 162 Å². The van der Waals surface area contributed by atoms with Gasteiger partial charge in [0, 0.05) is 18.2 Å². The summed E-state index contributed by atoms with van der Waals surface area (Å²) in [6.07, 6.45) is 1.59. The second-order valence-electron chi connectivity index (χ2n) is 6.25. The third-order valence-corrected chi connectivity index (χ3v) is 4.92. The molecular weight excluding hydrogens is 360 g/mol. The molecule has 0 aliphatic carbocycles. The Kier molecular flexibility index (Phi) is 5.71. The molecule has 1 amide bonds. The third kappa shape index (κ3) is 4.62. The van der Waals surface area contributed by atoms with Crippen molar-refractivity contribution in [2.45, 2.75) is 25.9 Å². The molecule has 1 heterocycles. The van der Waals surface area contributed by atoms with E-state index in [0.717, 1.165) is 22.4 Å². The van der Waals surface area contributed by atoms with Crippen molar-refractivity contribution in [1.29, 1.82) is 0 Å². The van der Waals surface area contributed by atoms with Gasteiger partial charge in [-0.05, 0) is 37.6 Å². The molecule has 0 radical (unpaired) electrons. The molecule has 0 saturated carbocycles. The molecule has 3 aromatic rings. The smallest absolute Gasteiger partial charge is 0.221 e. The Morgan fingerprint density at radius 1 is 1.15 bits per heavy atom. The Bertz CT molecular complexity index is 997. The van der Waals surface area contributed by atoms with E-state index in [2.05, 4.69) is 15.5 Å². The van der Waals surface area contributed by atoms with E-state index in [0.29, 0.717) is 10.8 Å². The molecule has 0 spiro atoms. The highest BCUT2D eigenvalue weighted by Gasteiger charge is 2.13. The predicted molar refractivity (Wildman–Crippen MR) is 107 cm³/mol. The van der Waals surface area contributed by atoms with Gasteiger partial charge in [0.05, 0.1) is 11.4 Å². The Morgan fingerprint density at radius 2 is 1.96 bits per heavy atom. The lowest BCUT2D eigenvalue weighted by molar-refractivity contribution is -0.114. The number of hydrogen-bond acceptors (Lipinski definition) is 5. The van der Waals surface area contributed by atoms with Crippen LogP contribution in [0.1, 0.15) is 28.4 Å². The molecule has 7 heteroatoms. The van der Waals surface area contributed by atoms with Gasteiger partial charge >= 0.3 is 0 Å².